The lowest BCUT2D eigenvalue weighted by Gasteiger charge is -2.25. The van der Waals surface area contributed by atoms with Crippen LogP contribution in [0.4, 0.5) is 4.79 Å². The van der Waals surface area contributed by atoms with E-state index in [0.29, 0.717) is 25.9 Å². The second kappa shape index (κ2) is 7.85. The van der Waals surface area contributed by atoms with Gasteiger partial charge in [0.1, 0.15) is 6.04 Å². The summed E-state index contributed by atoms with van der Waals surface area (Å²) in [7, 11) is 0. The van der Waals surface area contributed by atoms with Crippen LogP contribution in [0.15, 0.2) is 0 Å². The van der Waals surface area contributed by atoms with Crippen molar-refractivity contribution in [1.29, 1.82) is 0 Å². The quantitative estimate of drug-likeness (QED) is 0.699. The van der Waals surface area contributed by atoms with E-state index in [1.54, 1.807) is 18.7 Å². The van der Waals surface area contributed by atoms with Crippen LogP contribution in [0.25, 0.3) is 0 Å². The highest BCUT2D eigenvalue weighted by Gasteiger charge is 2.32. The molecule has 1 aliphatic heterocycles. The molecule has 0 radical (unpaired) electrons. The SMILES string of the molecule is CC(C)OC(=O)N[C@H]1CCN(C(=O)[C@@H](NC=O)C(C)C)C1. The van der Waals surface area contributed by atoms with E-state index in [4.69, 9.17) is 4.74 Å². The van der Waals surface area contributed by atoms with E-state index in [9.17, 15) is 14.4 Å². The summed E-state index contributed by atoms with van der Waals surface area (Å²) in [5.74, 6) is -0.0979. The Balaban J connectivity index is 2.51. The average molecular weight is 299 g/mol. The summed E-state index contributed by atoms with van der Waals surface area (Å²) in [5.41, 5.74) is 0. The van der Waals surface area contributed by atoms with E-state index in [-0.39, 0.29) is 24.0 Å². The van der Waals surface area contributed by atoms with Gasteiger partial charge in [-0.15, -0.1) is 0 Å². The maximum Gasteiger partial charge on any atom is 0.407 e. The Morgan fingerprint density at radius 1 is 1.29 bits per heavy atom. The number of hydrogen-bond acceptors (Lipinski definition) is 4. The van der Waals surface area contributed by atoms with Gasteiger partial charge in [0, 0.05) is 13.1 Å². The van der Waals surface area contributed by atoms with Gasteiger partial charge >= 0.3 is 6.09 Å². The molecule has 3 amide bonds. The molecule has 2 N–H and O–H groups in total. The fourth-order valence-electron chi connectivity index (χ4n) is 2.31. The van der Waals surface area contributed by atoms with Gasteiger partial charge in [0.25, 0.3) is 0 Å². The summed E-state index contributed by atoms with van der Waals surface area (Å²) >= 11 is 0. The number of carbonyl (C=O) groups is 3. The Morgan fingerprint density at radius 3 is 2.48 bits per heavy atom. The first-order chi connectivity index (χ1) is 9.85. The van der Waals surface area contributed by atoms with Crippen LogP contribution in [0.1, 0.15) is 34.1 Å². The Morgan fingerprint density at radius 2 is 1.95 bits per heavy atom. The molecule has 1 fully saturated rings. The van der Waals surface area contributed by atoms with Gasteiger partial charge in [-0.1, -0.05) is 13.8 Å². The molecule has 0 aliphatic carbocycles. The molecule has 7 nitrogen and oxygen atoms in total. The Labute approximate surface area is 125 Å². The van der Waals surface area contributed by atoms with Crippen molar-refractivity contribution in [2.45, 2.75) is 52.3 Å². The van der Waals surface area contributed by atoms with Crippen molar-refractivity contribution in [2.75, 3.05) is 13.1 Å². The molecule has 0 aromatic rings. The lowest BCUT2D eigenvalue weighted by atomic mass is 10.0. The van der Waals surface area contributed by atoms with Crippen LogP contribution < -0.4 is 10.6 Å². The number of alkyl carbamates (subject to hydrolysis) is 1. The average Bonchev–Trinajstić information content (AvgIpc) is 2.82. The molecule has 0 unspecified atom stereocenters. The second-order valence-electron chi connectivity index (χ2n) is 5.87. The topological polar surface area (TPSA) is 87.7 Å². The molecule has 0 spiro atoms. The number of hydrogen-bond donors (Lipinski definition) is 2. The van der Waals surface area contributed by atoms with Crippen LogP contribution in [-0.4, -0.2) is 54.6 Å². The highest BCUT2D eigenvalue weighted by molar-refractivity contribution is 5.84. The molecule has 2 atom stereocenters. The van der Waals surface area contributed by atoms with Crippen molar-refractivity contribution < 1.29 is 19.1 Å². The lowest BCUT2D eigenvalue weighted by Crippen LogP contribution is -2.49. The van der Waals surface area contributed by atoms with Crippen LogP contribution in [0.5, 0.6) is 0 Å². The van der Waals surface area contributed by atoms with Gasteiger partial charge in [-0.3, -0.25) is 9.59 Å². The van der Waals surface area contributed by atoms with Crippen LogP contribution in [0, 0.1) is 5.92 Å². The van der Waals surface area contributed by atoms with Crippen molar-refractivity contribution in [3.8, 4) is 0 Å². The number of nitrogens with one attached hydrogen (secondary N) is 2. The summed E-state index contributed by atoms with van der Waals surface area (Å²) in [6, 6.07) is -0.631. The largest absolute Gasteiger partial charge is 0.447 e. The zero-order valence-electron chi connectivity index (χ0n) is 13.1. The van der Waals surface area contributed by atoms with E-state index in [0.717, 1.165) is 0 Å². The third kappa shape index (κ3) is 5.24. The predicted molar refractivity (Wildman–Crippen MR) is 77.6 cm³/mol. The zero-order valence-corrected chi connectivity index (χ0v) is 13.1. The van der Waals surface area contributed by atoms with Gasteiger partial charge in [-0.05, 0) is 26.2 Å². The van der Waals surface area contributed by atoms with Crippen molar-refractivity contribution in [3.63, 3.8) is 0 Å². The summed E-state index contributed by atoms with van der Waals surface area (Å²) in [5, 5.41) is 5.31. The van der Waals surface area contributed by atoms with Crippen molar-refractivity contribution >= 4 is 18.4 Å². The van der Waals surface area contributed by atoms with Gasteiger partial charge in [-0.2, -0.15) is 0 Å². The first kappa shape index (κ1) is 17.3. The van der Waals surface area contributed by atoms with E-state index in [2.05, 4.69) is 10.6 Å². The summed E-state index contributed by atoms with van der Waals surface area (Å²) in [6.45, 7) is 8.32. The Kier molecular flexibility index (Phi) is 6.45. The Hall–Kier alpha value is -1.79. The molecule has 120 valence electrons. The van der Waals surface area contributed by atoms with Gasteiger partial charge < -0.3 is 20.3 Å². The van der Waals surface area contributed by atoms with Crippen LogP contribution >= 0.6 is 0 Å². The minimum atomic E-state index is -0.524. The molecular weight excluding hydrogens is 274 g/mol. The van der Waals surface area contributed by atoms with E-state index in [1.165, 1.54) is 0 Å². The summed E-state index contributed by atoms with van der Waals surface area (Å²) in [6.07, 6.45) is 0.598. The highest BCUT2D eigenvalue weighted by atomic mass is 16.6. The van der Waals surface area contributed by atoms with Crippen LogP contribution in [-0.2, 0) is 14.3 Å². The van der Waals surface area contributed by atoms with E-state index in [1.807, 2.05) is 13.8 Å². The maximum atomic E-state index is 12.3. The molecule has 0 aromatic heterocycles. The molecule has 7 heteroatoms. The number of nitrogens with zero attached hydrogens (tertiary/aromatic N) is 1. The standard InChI is InChI=1S/C14H25N3O4/c1-9(2)12(15-8-18)13(19)17-6-5-11(7-17)16-14(20)21-10(3)4/h8-12H,5-7H2,1-4H3,(H,15,18)(H,16,20)/t11-,12-/m0/s1. The summed E-state index contributed by atoms with van der Waals surface area (Å²) in [4.78, 5) is 36.1. The number of rotatable bonds is 6. The van der Waals surface area contributed by atoms with Crippen molar-refractivity contribution in [2.24, 2.45) is 5.92 Å². The number of ether oxygens (including phenoxy) is 1. The molecule has 1 heterocycles. The predicted octanol–water partition coefficient (Wildman–Crippen LogP) is 0.493. The van der Waals surface area contributed by atoms with Crippen LogP contribution in [0.2, 0.25) is 0 Å². The molecule has 1 saturated heterocycles. The summed E-state index contributed by atoms with van der Waals surface area (Å²) < 4.78 is 5.02. The third-order valence-electron chi connectivity index (χ3n) is 3.34. The second-order valence-corrected chi connectivity index (χ2v) is 5.87. The number of likely N-dealkylation sites (tertiary alicyclic amines) is 1. The maximum absolute atomic E-state index is 12.3. The normalized spacial score (nSPS) is 19.5. The lowest BCUT2D eigenvalue weighted by molar-refractivity contribution is -0.135. The van der Waals surface area contributed by atoms with E-state index < -0.39 is 12.1 Å². The number of carbonyl (C=O) groups excluding carboxylic acids is 3. The molecule has 0 aromatic carbocycles. The van der Waals surface area contributed by atoms with Gasteiger partial charge in [0.15, 0.2) is 0 Å². The minimum absolute atomic E-state index is 0.0145. The first-order valence-electron chi connectivity index (χ1n) is 7.30. The highest BCUT2D eigenvalue weighted by Crippen LogP contribution is 2.14. The molecule has 21 heavy (non-hydrogen) atoms. The number of amides is 3. The van der Waals surface area contributed by atoms with Crippen molar-refractivity contribution in [1.82, 2.24) is 15.5 Å². The minimum Gasteiger partial charge on any atom is -0.447 e. The van der Waals surface area contributed by atoms with Crippen LogP contribution in [0.3, 0.4) is 0 Å². The molecular formula is C14H25N3O4. The van der Waals surface area contributed by atoms with Crippen molar-refractivity contribution in [3.05, 3.63) is 0 Å². The van der Waals surface area contributed by atoms with Gasteiger partial charge in [0.2, 0.25) is 12.3 Å². The fourth-order valence-corrected chi connectivity index (χ4v) is 2.31. The molecule has 0 bridgehead atoms. The fraction of sp³-hybridized carbons (Fsp3) is 0.786. The monoisotopic (exact) mass is 299 g/mol. The van der Waals surface area contributed by atoms with Gasteiger partial charge in [-0.25, -0.2) is 4.79 Å². The molecule has 1 aliphatic rings. The first-order valence-corrected chi connectivity index (χ1v) is 7.30. The Bertz CT molecular complexity index is 384. The van der Waals surface area contributed by atoms with Gasteiger partial charge in [0.05, 0.1) is 12.1 Å². The molecule has 0 saturated carbocycles. The third-order valence-corrected chi connectivity index (χ3v) is 3.34. The van der Waals surface area contributed by atoms with E-state index >= 15 is 0 Å². The molecule has 1 rings (SSSR count). The zero-order chi connectivity index (χ0) is 16.0. The smallest absolute Gasteiger partial charge is 0.407 e.